The van der Waals surface area contributed by atoms with Crippen LogP contribution in [-0.4, -0.2) is 56.0 Å². The number of nitrogens with zero attached hydrogens (tertiary/aromatic N) is 1. The molecule has 6 aliphatic rings. The summed E-state index contributed by atoms with van der Waals surface area (Å²) in [6.07, 6.45) is 13.4. The fourth-order valence-corrected chi connectivity index (χ4v) is 12.0. The number of ether oxygens (including phenoxy) is 2. The van der Waals surface area contributed by atoms with Crippen LogP contribution >= 0.6 is 0 Å². The number of amides is 1. The minimum atomic E-state index is -0.327. The molecular weight excluding hydrogens is 484 g/mol. The van der Waals surface area contributed by atoms with Crippen LogP contribution in [0, 0.1) is 51.2 Å². The maximum Gasteiger partial charge on any atom is 0.221 e. The summed E-state index contributed by atoms with van der Waals surface area (Å²) in [5.74, 6) is 3.12. The van der Waals surface area contributed by atoms with Crippen molar-refractivity contribution in [3.8, 4) is 0 Å². The van der Waals surface area contributed by atoms with Crippen LogP contribution in [0.25, 0.3) is 0 Å². The van der Waals surface area contributed by atoms with Gasteiger partial charge in [0.1, 0.15) is 0 Å². The molecule has 0 radical (unpaired) electrons. The Kier molecular flexibility index (Phi) is 6.88. The zero-order chi connectivity index (χ0) is 28.0. The Labute approximate surface area is 238 Å². The second kappa shape index (κ2) is 9.43. The van der Waals surface area contributed by atoms with Crippen LogP contribution in [0.3, 0.4) is 0 Å². The third-order valence-corrected chi connectivity index (χ3v) is 14.7. The lowest BCUT2D eigenvalue weighted by Gasteiger charge is -2.70. The monoisotopic (exact) mass is 542 g/mol. The van der Waals surface area contributed by atoms with E-state index in [-0.39, 0.29) is 11.7 Å². The van der Waals surface area contributed by atoms with Crippen molar-refractivity contribution >= 4 is 5.91 Å². The normalized spacial score (nSPS) is 54.6. The van der Waals surface area contributed by atoms with Crippen LogP contribution in [0.1, 0.15) is 112 Å². The second-order valence-corrected chi connectivity index (χ2v) is 16.5. The predicted molar refractivity (Wildman–Crippen MR) is 156 cm³/mol. The number of nitrogens with one attached hydrogen (secondary N) is 1. The number of rotatable bonds is 4. The summed E-state index contributed by atoms with van der Waals surface area (Å²) in [6, 6.07) is 0.358. The molecule has 0 aromatic heterocycles. The quantitative estimate of drug-likeness (QED) is 0.432. The molecule has 2 heterocycles. The van der Waals surface area contributed by atoms with E-state index >= 15 is 0 Å². The van der Waals surface area contributed by atoms with Crippen molar-refractivity contribution in [3.63, 3.8) is 0 Å². The number of carbonyl (C=O) groups excluding carboxylic acids is 1. The molecular formula is C34H58N2O3. The molecule has 12 atom stereocenters. The first-order valence-corrected chi connectivity index (χ1v) is 16.5. The highest BCUT2D eigenvalue weighted by Gasteiger charge is 2.75. The first-order valence-electron chi connectivity index (χ1n) is 16.5. The van der Waals surface area contributed by atoms with Crippen molar-refractivity contribution in [2.45, 2.75) is 130 Å². The van der Waals surface area contributed by atoms with Gasteiger partial charge in [-0.2, -0.15) is 0 Å². The summed E-state index contributed by atoms with van der Waals surface area (Å²) in [4.78, 5) is 14.7. The molecule has 1 N–H and O–H groups in total. The molecule has 39 heavy (non-hydrogen) atoms. The summed E-state index contributed by atoms with van der Waals surface area (Å²) < 4.78 is 13.6. The van der Waals surface area contributed by atoms with Gasteiger partial charge in [0.2, 0.25) is 5.91 Å². The largest absolute Gasteiger partial charge is 0.353 e. The average molecular weight is 543 g/mol. The van der Waals surface area contributed by atoms with Gasteiger partial charge in [0.15, 0.2) is 5.79 Å². The van der Waals surface area contributed by atoms with E-state index in [4.69, 9.17) is 9.47 Å². The fourth-order valence-electron chi connectivity index (χ4n) is 12.0. The molecule has 6 rings (SSSR count). The standard InChI is InChI=1S/C34H58N2O3/c1-22-11-15-34(38-21-22)23(2)29-26(39-34)20-33(6)27-10-9-24-19-25(35-28(37)13-18-36(7)8)12-14-30(24,3)31(27,4)16-17-32(29,33)5/h22-27,29H,9-21H2,1-8H3,(H,35,37)/t22-,23-,24+,25+,26-,27+,29-,30-,31-,32+,33-,34+/m0/s1. The Morgan fingerprint density at radius 2 is 1.64 bits per heavy atom. The van der Waals surface area contributed by atoms with Gasteiger partial charge in [-0.05, 0) is 117 Å². The van der Waals surface area contributed by atoms with Gasteiger partial charge in [-0.1, -0.05) is 41.5 Å². The second-order valence-electron chi connectivity index (χ2n) is 16.5. The average Bonchev–Trinajstić information content (AvgIpc) is 3.27. The summed E-state index contributed by atoms with van der Waals surface area (Å²) in [5, 5.41) is 3.43. The fraction of sp³-hybridized carbons (Fsp3) is 0.971. The molecule has 1 amide bonds. The molecule has 2 aliphatic heterocycles. The lowest BCUT2D eigenvalue weighted by atomic mass is 9.35. The van der Waals surface area contributed by atoms with Gasteiger partial charge in [0, 0.05) is 31.3 Å². The minimum absolute atomic E-state index is 0.235. The van der Waals surface area contributed by atoms with Crippen LogP contribution in [0.2, 0.25) is 0 Å². The SMILES string of the molecule is C[C@H]1CC[C@@]2(OC1)O[C@H]1C[C@@]3(C)[C@@H]4CC[C@@H]5C[C@H](NC(=O)CCN(C)C)CC[C@]5(C)[C@@]4(C)CC[C@]3(C)[C@H]1[C@@H]2C. The van der Waals surface area contributed by atoms with Crippen molar-refractivity contribution in [2.24, 2.45) is 51.2 Å². The van der Waals surface area contributed by atoms with Gasteiger partial charge >= 0.3 is 0 Å². The van der Waals surface area contributed by atoms with E-state index in [9.17, 15) is 4.79 Å². The zero-order valence-electron chi connectivity index (χ0n) is 26.4. The van der Waals surface area contributed by atoms with Crippen LogP contribution in [0.4, 0.5) is 0 Å². The van der Waals surface area contributed by atoms with E-state index < -0.39 is 0 Å². The highest BCUT2D eigenvalue weighted by molar-refractivity contribution is 5.76. The van der Waals surface area contributed by atoms with Crippen molar-refractivity contribution < 1.29 is 14.3 Å². The van der Waals surface area contributed by atoms with E-state index in [0.717, 1.165) is 37.8 Å². The van der Waals surface area contributed by atoms with Gasteiger partial charge in [0.25, 0.3) is 0 Å². The van der Waals surface area contributed by atoms with Gasteiger partial charge in [-0.25, -0.2) is 0 Å². The summed E-state index contributed by atoms with van der Waals surface area (Å²) in [6.45, 7) is 17.2. The summed E-state index contributed by atoms with van der Waals surface area (Å²) in [7, 11) is 4.08. The van der Waals surface area contributed by atoms with Gasteiger partial charge in [0.05, 0.1) is 12.7 Å². The van der Waals surface area contributed by atoms with Crippen LogP contribution in [-0.2, 0) is 14.3 Å². The number of hydrogen-bond acceptors (Lipinski definition) is 4. The van der Waals surface area contributed by atoms with E-state index in [1.165, 1.54) is 51.4 Å². The lowest BCUT2D eigenvalue weighted by Crippen LogP contribution is -2.64. The summed E-state index contributed by atoms with van der Waals surface area (Å²) in [5.41, 5.74) is 1.36. The van der Waals surface area contributed by atoms with Gasteiger partial charge in [-0.15, -0.1) is 0 Å². The molecule has 0 aromatic rings. The molecule has 2 saturated heterocycles. The van der Waals surface area contributed by atoms with Crippen molar-refractivity contribution in [1.29, 1.82) is 0 Å². The third kappa shape index (κ3) is 3.98. The van der Waals surface area contributed by atoms with Crippen LogP contribution in [0.15, 0.2) is 0 Å². The number of fused-ring (bicyclic) bond motifs is 7. The van der Waals surface area contributed by atoms with Crippen molar-refractivity contribution in [2.75, 3.05) is 27.2 Å². The molecule has 222 valence electrons. The molecule has 4 aliphatic carbocycles. The number of hydrogen-bond donors (Lipinski definition) is 1. The Morgan fingerprint density at radius 1 is 0.897 bits per heavy atom. The maximum atomic E-state index is 12.6. The van der Waals surface area contributed by atoms with E-state index in [2.05, 4.69) is 51.8 Å². The lowest BCUT2D eigenvalue weighted by molar-refractivity contribution is -0.279. The maximum absolute atomic E-state index is 12.6. The first kappa shape index (κ1) is 28.5. The molecule has 1 spiro atoms. The first-order chi connectivity index (χ1) is 18.3. The molecule has 6 fully saturated rings. The van der Waals surface area contributed by atoms with Crippen LogP contribution < -0.4 is 5.32 Å². The number of carbonyl (C=O) groups is 1. The minimum Gasteiger partial charge on any atom is -0.353 e. The highest BCUT2D eigenvalue weighted by Crippen LogP contribution is 2.79. The van der Waals surface area contributed by atoms with E-state index in [0.29, 0.717) is 58.0 Å². The van der Waals surface area contributed by atoms with E-state index in [1.54, 1.807) is 0 Å². The third-order valence-electron chi connectivity index (χ3n) is 14.7. The Hall–Kier alpha value is -0.650. The molecule has 0 unspecified atom stereocenters. The molecule has 5 heteroatoms. The van der Waals surface area contributed by atoms with Gasteiger partial charge in [-0.3, -0.25) is 4.79 Å². The summed E-state index contributed by atoms with van der Waals surface area (Å²) >= 11 is 0. The zero-order valence-corrected chi connectivity index (χ0v) is 26.4. The topological polar surface area (TPSA) is 50.8 Å². The molecule has 0 bridgehead atoms. The van der Waals surface area contributed by atoms with Crippen molar-refractivity contribution in [3.05, 3.63) is 0 Å². The van der Waals surface area contributed by atoms with Gasteiger partial charge < -0.3 is 19.7 Å². The smallest absolute Gasteiger partial charge is 0.221 e. The molecule has 4 saturated carbocycles. The Balaban J connectivity index is 1.20. The highest BCUT2D eigenvalue weighted by atomic mass is 16.7. The Bertz CT molecular complexity index is 960. The van der Waals surface area contributed by atoms with Crippen molar-refractivity contribution in [1.82, 2.24) is 10.2 Å². The molecule has 5 nitrogen and oxygen atoms in total. The predicted octanol–water partition coefficient (Wildman–Crippen LogP) is 6.65. The van der Waals surface area contributed by atoms with Crippen LogP contribution in [0.5, 0.6) is 0 Å². The molecule has 0 aromatic carbocycles. The Morgan fingerprint density at radius 3 is 2.33 bits per heavy atom. The van der Waals surface area contributed by atoms with E-state index in [1.807, 2.05) is 14.1 Å².